The summed E-state index contributed by atoms with van der Waals surface area (Å²) in [5.74, 6) is 6.09. The van der Waals surface area contributed by atoms with Crippen molar-refractivity contribution >= 4 is 0 Å². The molecule has 0 aliphatic heterocycles. The van der Waals surface area contributed by atoms with E-state index in [0.29, 0.717) is 0 Å². The first-order valence-electron chi connectivity index (χ1n) is 4.91. The number of aryl methyl sites for hydroxylation is 1. The summed E-state index contributed by atoms with van der Waals surface area (Å²) in [5.41, 5.74) is 7.84. The highest BCUT2D eigenvalue weighted by Gasteiger charge is 1.99. The van der Waals surface area contributed by atoms with Crippen molar-refractivity contribution in [2.75, 3.05) is 0 Å². The second kappa shape index (κ2) is 4.83. The van der Waals surface area contributed by atoms with Crippen LogP contribution in [0.4, 0.5) is 0 Å². The Morgan fingerprint density at radius 1 is 1.64 bits per heavy atom. The molecule has 3 heteroatoms. The number of hydrogen-bond donors (Lipinski definition) is 1. The van der Waals surface area contributed by atoms with Gasteiger partial charge < -0.3 is 5.73 Å². The van der Waals surface area contributed by atoms with E-state index in [0.717, 1.165) is 24.1 Å². The molecule has 1 aromatic heterocycles. The first kappa shape index (κ1) is 10.8. The van der Waals surface area contributed by atoms with Crippen LogP contribution in [0, 0.1) is 18.8 Å². The molecule has 0 amide bonds. The monoisotopic (exact) mass is 191 g/mol. The fourth-order valence-corrected chi connectivity index (χ4v) is 1.18. The number of nitrogens with two attached hydrogens (primary N) is 1. The van der Waals surface area contributed by atoms with Crippen molar-refractivity contribution in [1.82, 2.24) is 9.78 Å². The summed E-state index contributed by atoms with van der Waals surface area (Å²) in [6.07, 6.45) is 3.80. The van der Waals surface area contributed by atoms with E-state index in [1.165, 1.54) is 0 Å². The Morgan fingerprint density at radius 2 is 2.36 bits per heavy atom. The van der Waals surface area contributed by atoms with Crippen LogP contribution in [0.5, 0.6) is 0 Å². The molecule has 0 bridgehead atoms. The summed E-state index contributed by atoms with van der Waals surface area (Å²) in [7, 11) is 1.91. The minimum atomic E-state index is -0.0143. The molecule has 1 rings (SSSR count). The minimum absolute atomic E-state index is 0.0143. The molecular weight excluding hydrogens is 174 g/mol. The molecule has 1 unspecified atom stereocenters. The Morgan fingerprint density at radius 3 is 2.86 bits per heavy atom. The number of rotatable bonds is 2. The van der Waals surface area contributed by atoms with Crippen molar-refractivity contribution in [3.8, 4) is 11.8 Å². The van der Waals surface area contributed by atoms with Gasteiger partial charge in [0.15, 0.2) is 0 Å². The maximum absolute atomic E-state index is 5.79. The second-order valence-corrected chi connectivity index (χ2v) is 3.43. The summed E-state index contributed by atoms with van der Waals surface area (Å²) in [4.78, 5) is 0. The lowest BCUT2D eigenvalue weighted by atomic mass is 10.1. The molecular formula is C11H17N3. The van der Waals surface area contributed by atoms with Gasteiger partial charge in [-0.3, -0.25) is 4.68 Å². The Labute approximate surface area is 85.3 Å². The van der Waals surface area contributed by atoms with E-state index in [9.17, 15) is 0 Å². The molecule has 0 saturated heterocycles. The standard InChI is InChI=1S/C11H17N3/c1-4-5-11(12)7-6-10-8-13-14(3)9(10)2/h8,11H,4-5,12H2,1-3H3. The third kappa shape index (κ3) is 2.61. The maximum Gasteiger partial charge on any atom is 0.0668 e. The molecule has 0 aliphatic rings. The molecule has 76 valence electrons. The van der Waals surface area contributed by atoms with Gasteiger partial charge in [-0.25, -0.2) is 0 Å². The van der Waals surface area contributed by atoms with E-state index in [1.807, 2.05) is 18.7 Å². The predicted molar refractivity (Wildman–Crippen MR) is 57.7 cm³/mol. The maximum atomic E-state index is 5.79. The number of nitrogens with zero attached hydrogens (tertiary/aromatic N) is 2. The average molecular weight is 191 g/mol. The van der Waals surface area contributed by atoms with Gasteiger partial charge in [0.1, 0.15) is 0 Å². The quantitative estimate of drug-likeness (QED) is 0.714. The zero-order valence-electron chi connectivity index (χ0n) is 9.04. The molecule has 1 heterocycles. The molecule has 0 aliphatic carbocycles. The van der Waals surface area contributed by atoms with Crippen LogP contribution in [-0.4, -0.2) is 15.8 Å². The highest BCUT2D eigenvalue weighted by molar-refractivity contribution is 5.36. The highest BCUT2D eigenvalue weighted by Crippen LogP contribution is 2.03. The Balaban J connectivity index is 2.72. The van der Waals surface area contributed by atoms with Crippen molar-refractivity contribution in [2.24, 2.45) is 12.8 Å². The third-order valence-electron chi connectivity index (χ3n) is 2.23. The van der Waals surface area contributed by atoms with Crippen LogP contribution in [-0.2, 0) is 7.05 Å². The molecule has 2 N–H and O–H groups in total. The summed E-state index contributed by atoms with van der Waals surface area (Å²) < 4.78 is 1.81. The van der Waals surface area contributed by atoms with Gasteiger partial charge in [-0.1, -0.05) is 25.2 Å². The SMILES string of the molecule is CCCC(N)C#Cc1cnn(C)c1C. The van der Waals surface area contributed by atoms with Crippen molar-refractivity contribution in [3.63, 3.8) is 0 Å². The summed E-state index contributed by atoms with van der Waals surface area (Å²) in [5, 5.41) is 4.11. The van der Waals surface area contributed by atoms with E-state index in [-0.39, 0.29) is 6.04 Å². The first-order chi connectivity index (χ1) is 6.65. The number of aromatic nitrogens is 2. The van der Waals surface area contributed by atoms with Crippen molar-refractivity contribution in [2.45, 2.75) is 32.7 Å². The molecule has 0 radical (unpaired) electrons. The molecule has 0 aromatic carbocycles. The van der Waals surface area contributed by atoms with E-state index in [1.54, 1.807) is 6.20 Å². The van der Waals surface area contributed by atoms with Gasteiger partial charge in [-0.05, 0) is 13.3 Å². The predicted octanol–water partition coefficient (Wildman–Crippen LogP) is 1.21. The Kier molecular flexibility index (Phi) is 3.73. The van der Waals surface area contributed by atoms with Crippen LogP contribution in [0.1, 0.15) is 31.0 Å². The lowest BCUT2D eigenvalue weighted by molar-refractivity contribution is 0.720. The van der Waals surface area contributed by atoms with Crippen molar-refractivity contribution in [3.05, 3.63) is 17.5 Å². The summed E-state index contributed by atoms with van der Waals surface area (Å²) in [6.45, 7) is 4.11. The van der Waals surface area contributed by atoms with Crippen LogP contribution < -0.4 is 5.73 Å². The van der Waals surface area contributed by atoms with Crippen LogP contribution in [0.25, 0.3) is 0 Å². The molecule has 1 atom stereocenters. The fourth-order valence-electron chi connectivity index (χ4n) is 1.18. The van der Waals surface area contributed by atoms with Gasteiger partial charge in [-0.2, -0.15) is 5.10 Å². The second-order valence-electron chi connectivity index (χ2n) is 3.43. The van der Waals surface area contributed by atoms with E-state index >= 15 is 0 Å². The van der Waals surface area contributed by atoms with E-state index in [4.69, 9.17) is 5.73 Å². The van der Waals surface area contributed by atoms with Gasteiger partial charge >= 0.3 is 0 Å². The van der Waals surface area contributed by atoms with Crippen LogP contribution in [0.15, 0.2) is 6.20 Å². The molecule has 1 aromatic rings. The lowest BCUT2D eigenvalue weighted by Crippen LogP contribution is -2.16. The topological polar surface area (TPSA) is 43.8 Å². The van der Waals surface area contributed by atoms with Gasteiger partial charge in [0.05, 0.1) is 23.5 Å². The molecule has 0 fully saturated rings. The summed E-state index contributed by atoms with van der Waals surface area (Å²) in [6, 6.07) is -0.0143. The molecule has 3 nitrogen and oxygen atoms in total. The highest BCUT2D eigenvalue weighted by atomic mass is 15.3. The van der Waals surface area contributed by atoms with Crippen LogP contribution in [0.2, 0.25) is 0 Å². The zero-order valence-corrected chi connectivity index (χ0v) is 9.04. The normalized spacial score (nSPS) is 12.0. The summed E-state index contributed by atoms with van der Waals surface area (Å²) >= 11 is 0. The van der Waals surface area contributed by atoms with Crippen LogP contribution >= 0.6 is 0 Å². The zero-order chi connectivity index (χ0) is 10.6. The Hall–Kier alpha value is -1.27. The number of hydrogen-bond acceptors (Lipinski definition) is 2. The van der Waals surface area contributed by atoms with Crippen molar-refractivity contribution in [1.29, 1.82) is 0 Å². The van der Waals surface area contributed by atoms with E-state index in [2.05, 4.69) is 23.9 Å². The van der Waals surface area contributed by atoms with Crippen molar-refractivity contribution < 1.29 is 0 Å². The van der Waals surface area contributed by atoms with Gasteiger partial charge in [0.2, 0.25) is 0 Å². The lowest BCUT2D eigenvalue weighted by Gasteiger charge is -1.98. The first-order valence-corrected chi connectivity index (χ1v) is 4.91. The van der Waals surface area contributed by atoms with Gasteiger partial charge in [-0.15, -0.1) is 0 Å². The smallest absolute Gasteiger partial charge is 0.0668 e. The van der Waals surface area contributed by atoms with Gasteiger partial charge in [0.25, 0.3) is 0 Å². The Bertz CT molecular complexity index is 354. The largest absolute Gasteiger partial charge is 0.318 e. The molecule has 0 spiro atoms. The third-order valence-corrected chi connectivity index (χ3v) is 2.23. The van der Waals surface area contributed by atoms with Gasteiger partial charge in [0, 0.05) is 7.05 Å². The fraction of sp³-hybridized carbons (Fsp3) is 0.545. The van der Waals surface area contributed by atoms with E-state index < -0.39 is 0 Å². The van der Waals surface area contributed by atoms with Crippen LogP contribution in [0.3, 0.4) is 0 Å². The minimum Gasteiger partial charge on any atom is -0.318 e. The molecule has 0 saturated carbocycles. The molecule has 14 heavy (non-hydrogen) atoms. The average Bonchev–Trinajstić information content (AvgIpc) is 2.46.